The Balaban J connectivity index is 1.36. The van der Waals surface area contributed by atoms with Gasteiger partial charge in [0.25, 0.3) is 0 Å². The van der Waals surface area contributed by atoms with Gasteiger partial charge in [-0.3, -0.25) is 9.59 Å². The van der Waals surface area contributed by atoms with Crippen LogP contribution in [0.3, 0.4) is 0 Å². The number of carbonyl (C=O) groups excluding carboxylic acids is 2. The molecule has 1 aromatic heterocycles. The zero-order chi connectivity index (χ0) is 24.3. The van der Waals surface area contributed by atoms with Crippen LogP contribution in [-0.4, -0.2) is 55.5 Å². The Labute approximate surface area is 202 Å². The highest BCUT2D eigenvalue weighted by molar-refractivity contribution is 7.89. The molecule has 1 saturated heterocycles. The molecule has 1 aliphatic heterocycles. The Hall–Kier alpha value is -3.14. The molecular formula is C25H23FN2O4S2. The Morgan fingerprint density at radius 2 is 1.68 bits per heavy atom. The van der Waals surface area contributed by atoms with Crippen molar-refractivity contribution in [1.82, 2.24) is 9.21 Å². The Bertz CT molecular complexity index is 1340. The Morgan fingerprint density at radius 1 is 0.971 bits per heavy atom. The van der Waals surface area contributed by atoms with Gasteiger partial charge >= 0.3 is 0 Å². The van der Waals surface area contributed by atoms with E-state index in [9.17, 15) is 22.4 Å². The first-order valence-electron chi connectivity index (χ1n) is 10.7. The fraction of sp³-hybridized carbons (Fsp3) is 0.200. The maximum Gasteiger partial charge on any atom is 0.246 e. The monoisotopic (exact) mass is 498 g/mol. The summed E-state index contributed by atoms with van der Waals surface area (Å²) in [6, 6.07) is 16.1. The van der Waals surface area contributed by atoms with Gasteiger partial charge in [0.1, 0.15) is 5.82 Å². The van der Waals surface area contributed by atoms with Gasteiger partial charge in [0.2, 0.25) is 15.9 Å². The molecule has 0 bridgehead atoms. The summed E-state index contributed by atoms with van der Waals surface area (Å²) in [4.78, 5) is 27.8. The van der Waals surface area contributed by atoms with Crippen LogP contribution >= 0.6 is 11.3 Å². The normalized spacial score (nSPS) is 15.1. The molecule has 2 aromatic carbocycles. The third-order valence-corrected chi connectivity index (χ3v) is 8.57. The van der Waals surface area contributed by atoms with Crippen LogP contribution in [0.2, 0.25) is 0 Å². The molecule has 0 atom stereocenters. The van der Waals surface area contributed by atoms with Gasteiger partial charge in [-0.15, -0.1) is 11.3 Å². The highest BCUT2D eigenvalue weighted by Gasteiger charge is 2.29. The minimum Gasteiger partial charge on any atom is -0.337 e. The van der Waals surface area contributed by atoms with Gasteiger partial charge in [-0.25, -0.2) is 12.8 Å². The smallest absolute Gasteiger partial charge is 0.246 e. The third kappa shape index (κ3) is 5.32. The number of ketones is 1. The van der Waals surface area contributed by atoms with Crippen molar-refractivity contribution >= 4 is 39.1 Å². The summed E-state index contributed by atoms with van der Waals surface area (Å²) in [6.07, 6.45) is 3.22. The third-order valence-electron chi connectivity index (χ3n) is 5.57. The van der Waals surface area contributed by atoms with Crippen molar-refractivity contribution in [3.05, 3.63) is 83.0 Å². The predicted octanol–water partition coefficient (Wildman–Crippen LogP) is 4.30. The quantitative estimate of drug-likeness (QED) is 0.375. The summed E-state index contributed by atoms with van der Waals surface area (Å²) in [5.74, 6) is -0.675. The summed E-state index contributed by atoms with van der Waals surface area (Å²) >= 11 is 1.49. The number of rotatable bonds is 6. The lowest BCUT2D eigenvalue weighted by Crippen LogP contribution is -2.50. The van der Waals surface area contributed by atoms with E-state index in [2.05, 4.69) is 0 Å². The van der Waals surface area contributed by atoms with Crippen molar-refractivity contribution in [3.63, 3.8) is 0 Å². The molecule has 34 heavy (non-hydrogen) atoms. The number of carbonyl (C=O) groups is 2. The molecule has 1 fully saturated rings. The van der Waals surface area contributed by atoms with Gasteiger partial charge in [-0.2, -0.15) is 4.31 Å². The lowest BCUT2D eigenvalue weighted by molar-refractivity contribution is -0.127. The number of amides is 1. The molecule has 0 aliphatic carbocycles. The summed E-state index contributed by atoms with van der Waals surface area (Å²) in [5.41, 5.74) is 1.25. The number of hydrogen-bond acceptors (Lipinski definition) is 5. The number of halogens is 1. The van der Waals surface area contributed by atoms with E-state index in [0.717, 1.165) is 15.3 Å². The van der Waals surface area contributed by atoms with Crippen LogP contribution in [0.25, 0.3) is 16.5 Å². The molecular weight excluding hydrogens is 475 g/mol. The molecule has 6 nitrogen and oxygen atoms in total. The fourth-order valence-electron chi connectivity index (χ4n) is 3.64. The molecule has 9 heteroatoms. The van der Waals surface area contributed by atoms with Crippen molar-refractivity contribution in [3.8, 4) is 10.4 Å². The summed E-state index contributed by atoms with van der Waals surface area (Å²) in [7, 11) is -3.75. The topological polar surface area (TPSA) is 74.8 Å². The van der Waals surface area contributed by atoms with Crippen molar-refractivity contribution < 1.29 is 22.4 Å². The van der Waals surface area contributed by atoms with Crippen molar-refractivity contribution in [1.29, 1.82) is 0 Å². The molecule has 0 spiro atoms. The van der Waals surface area contributed by atoms with Crippen LogP contribution in [0.5, 0.6) is 0 Å². The largest absolute Gasteiger partial charge is 0.337 e. The van der Waals surface area contributed by atoms with Gasteiger partial charge in [-0.1, -0.05) is 24.3 Å². The molecule has 0 N–H and O–H groups in total. The Morgan fingerprint density at radius 3 is 2.35 bits per heavy atom. The van der Waals surface area contributed by atoms with Crippen molar-refractivity contribution in [2.24, 2.45) is 0 Å². The molecule has 4 rings (SSSR count). The standard InChI is InChI=1S/C25H23FN2O4S2/c1-18(29)20-3-2-4-23(17-20)34(31,32)28-15-13-27(14-16-28)25(30)12-10-22-9-11-24(33-22)19-5-7-21(26)8-6-19/h2-12,17H,13-16H2,1H3/b12-10+. The molecule has 0 radical (unpaired) electrons. The van der Waals surface area contributed by atoms with Crippen molar-refractivity contribution in [2.45, 2.75) is 11.8 Å². The number of benzene rings is 2. The predicted molar refractivity (Wildman–Crippen MR) is 131 cm³/mol. The first kappa shape index (κ1) is 24.0. The second-order valence-electron chi connectivity index (χ2n) is 7.86. The summed E-state index contributed by atoms with van der Waals surface area (Å²) < 4.78 is 40.4. The lowest BCUT2D eigenvalue weighted by Gasteiger charge is -2.33. The average molecular weight is 499 g/mol. The number of piperazine rings is 1. The van der Waals surface area contributed by atoms with Gasteiger partial charge in [0.15, 0.2) is 5.78 Å². The van der Waals surface area contributed by atoms with Crippen LogP contribution in [0.15, 0.2) is 71.6 Å². The molecule has 2 heterocycles. The van der Waals surface area contributed by atoms with Crippen molar-refractivity contribution in [2.75, 3.05) is 26.2 Å². The van der Waals surface area contributed by atoms with Crippen LogP contribution in [0.4, 0.5) is 4.39 Å². The highest BCUT2D eigenvalue weighted by Crippen LogP contribution is 2.29. The number of nitrogens with zero attached hydrogens (tertiary/aromatic N) is 2. The van der Waals surface area contributed by atoms with Gasteiger partial charge in [0.05, 0.1) is 4.90 Å². The van der Waals surface area contributed by atoms with E-state index in [1.165, 1.54) is 52.9 Å². The molecule has 176 valence electrons. The van der Waals surface area contributed by atoms with E-state index < -0.39 is 10.0 Å². The maximum absolute atomic E-state index is 13.1. The second-order valence-corrected chi connectivity index (χ2v) is 10.9. The molecule has 1 aliphatic rings. The molecule has 3 aromatic rings. The number of sulfonamides is 1. The molecule has 1 amide bonds. The van der Waals surface area contributed by atoms with Gasteiger partial charge in [0, 0.05) is 47.6 Å². The van der Waals surface area contributed by atoms with Crippen LogP contribution in [0.1, 0.15) is 22.2 Å². The van der Waals surface area contributed by atoms with Crippen LogP contribution < -0.4 is 0 Å². The van der Waals surface area contributed by atoms with E-state index in [1.54, 1.807) is 35.2 Å². The number of Topliss-reactive ketones (excluding diaryl/α,β-unsaturated/α-hetero) is 1. The minimum absolute atomic E-state index is 0.0783. The number of hydrogen-bond donors (Lipinski definition) is 0. The first-order chi connectivity index (χ1) is 16.2. The lowest BCUT2D eigenvalue weighted by atomic mass is 10.2. The van der Waals surface area contributed by atoms with Gasteiger partial charge < -0.3 is 4.90 Å². The summed E-state index contributed by atoms with van der Waals surface area (Å²) in [6.45, 7) is 2.31. The van der Waals surface area contributed by atoms with E-state index in [-0.39, 0.29) is 48.6 Å². The average Bonchev–Trinajstić information content (AvgIpc) is 3.32. The van der Waals surface area contributed by atoms with E-state index in [1.807, 2.05) is 12.1 Å². The van der Waals surface area contributed by atoms with Gasteiger partial charge in [-0.05, 0) is 55.0 Å². The zero-order valence-corrected chi connectivity index (χ0v) is 20.1. The SMILES string of the molecule is CC(=O)c1cccc(S(=O)(=O)N2CCN(C(=O)/C=C/c3ccc(-c4ccc(F)cc4)s3)CC2)c1. The van der Waals surface area contributed by atoms with Crippen LogP contribution in [-0.2, 0) is 14.8 Å². The molecule has 0 saturated carbocycles. The zero-order valence-electron chi connectivity index (χ0n) is 18.5. The number of thiophene rings is 1. The summed E-state index contributed by atoms with van der Waals surface area (Å²) in [5, 5.41) is 0. The maximum atomic E-state index is 13.1. The van der Waals surface area contributed by atoms with E-state index >= 15 is 0 Å². The molecule has 0 unspecified atom stereocenters. The highest BCUT2D eigenvalue weighted by atomic mass is 32.2. The minimum atomic E-state index is -3.75. The van der Waals surface area contributed by atoms with E-state index in [4.69, 9.17) is 0 Å². The fourth-order valence-corrected chi connectivity index (χ4v) is 6.03. The van der Waals surface area contributed by atoms with Crippen LogP contribution in [0, 0.1) is 5.82 Å². The van der Waals surface area contributed by atoms with E-state index in [0.29, 0.717) is 5.56 Å². The Kier molecular flexibility index (Phi) is 7.06. The first-order valence-corrected chi connectivity index (χ1v) is 12.9. The second kappa shape index (κ2) is 10.0.